The van der Waals surface area contributed by atoms with Crippen LogP contribution in [0.5, 0.6) is 0 Å². The standard InChI is InChI=1S/C15H30N4O6/c1-16-8-9-17-7-3-2-4-11(14(22)23)18-10-19-12(15(24)25)5-6-13(20)21/h11-12,16-19H,2-10H2,1H3,(H,20,21)(H,22,23)(H,24,25). The number of nitrogens with one attached hydrogen (secondary N) is 4. The molecule has 25 heavy (non-hydrogen) atoms. The average molecular weight is 362 g/mol. The minimum Gasteiger partial charge on any atom is -0.481 e. The first-order valence-corrected chi connectivity index (χ1v) is 8.38. The molecule has 10 nitrogen and oxygen atoms in total. The maximum Gasteiger partial charge on any atom is 0.320 e. The first kappa shape index (κ1) is 23.2. The van der Waals surface area contributed by atoms with E-state index in [4.69, 9.17) is 10.2 Å². The molecule has 0 fully saturated rings. The molecule has 0 spiro atoms. The lowest BCUT2D eigenvalue weighted by molar-refractivity contribution is -0.141. The fourth-order valence-corrected chi connectivity index (χ4v) is 2.14. The van der Waals surface area contributed by atoms with E-state index in [-0.39, 0.29) is 19.5 Å². The van der Waals surface area contributed by atoms with Crippen LogP contribution in [-0.4, -0.2) is 78.7 Å². The number of unbranched alkanes of at least 4 members (excludes halogenated alkanes) is 1. The van der Waals surface area contributed by atoms with E-state index in [0.29, 0.717) is 6.42 Å². The van der Waals surface area contributed by atoms with E-state index in [0.717, 1.165) is 32.5 Å². The molecule has 0 aliphatic carbocycles. The van der Waals surface area contributed by atoms with Crippen molar-refractivity contribution in [3.05, 3.63) is 0 Å². The highest BCUT2D eigenvalue weighted by Crippen LogP contribution is 2.01. The Labute approximate surface area is 147 Å². The van der Waals surface area contributed by atoms with Gasteiger partial charge in [-0.1, -0.05) is 6.42 Å². The Morgan fingerprint density at radius 2 is 1.44 bits per heavy atom. The number of carbonyl (C=O) groups is 3. The van der Waals surface area contributed by atoms with Gasteiger partial charge < -0.3 is 26.0 Å². The Balaban J connectivity index is 4.02. The van der Waals surface area contributed by atoms with Crippen LogP contribution in [0, 0.1) is 0 Å². The van der Waals surface area contributed by atoms with Gasteiger partial charge in [0.25, 0.3) is 0 Å². The van der Waals surface area contributed by atoms with E-state index < -0.39 is 30.0 Å². The van der Waals surface area contributed by atoms with Crippen molar-refractivity contribution < 1.29 is 29.7 Å². The minimum atomic E-state index is -1.16. The third-order valence-corrected chi connectivity index (χ3v) is 3.59. The molecule has 0 aromatic heterocycles. The number of carboxylic acid groups (broad SMARTS) is 3. The van der Waals surface area contributed by atoms with Crippen LogP contribution in [0.3, 0.4) is 0 Å². The highest BCUT2D eigenvalue weighted by atomic mass is 16.4. The monoisotopic (exact) mass is 362 g/mol. The molecule has 2 unspecified atom stereocenters. The fourth-order valence-electron chi connectivity index (χ4n) is 2.14. The number of hydrogen-bond donors (Lipinski definition) is 7. The van der Waals surface area contributed by atoms with Crippen LogP contribution in [0.1, 0.15) is 32.1 Å². The molecule has 0 rings (SSSR count). The molecule has 0 bridgehead atoms. The van der Waals surface area contributed by atoms with Gasteiger partial charge in [-0.05, 0) is 32.9 Å². The molecule has 0 aliphatic heterocycles. The Kier molecular flexibility index (Phi) is 13.6. The zero-order chi connectivity index (χ0) is 19.1. The molecular weight excluding hydrogens is 332 g/mol. The second-order valence-electron chi connectivity index (χ2n) is 5.65. The van der Waals surface area contributed by atoms with Crippen molar-refractivity contribution >= 4 is 17.9 Å². The second-order valence-corrected chi connectivity index (χ2v) is 5.65. The Hall–Kier alpha value is -1.75. The number of aliphatic carboxylic acids is 3. The predicted octanol–water partition coefficient (Wildman–Crippen LogP) is -1.13. The van der Waals surface area contributed by atoms with Crippen molar-refractivity contribution in [1.82, 2.24) is 21.3 Å². The molecule has 0 saturated carbocycles. The van der Waals surface area contributed by atoms with Crippen molar-refractivity contribution in [2.24, 2.45) is 0 Å². The molecule has 0 heterocycles. The zero-order valence-electron chi connectivity index (χ0n) is 14.6. The van der Waals surface area contributed by atoms with E-state index >= 15 is 0 Å². The average Bonchev–Trinajstić information content (AvgIpc) is 2.54. The SMILES string of the molecule is CNCCNCCCCC(NCNC(CCC(=O)O)C(=O)O)C(=O)O. The van der Waals surface area contributed by atoms with Crippen molar-refractivity contribution in [3.63, 3.8) is 0 Å². The van der Waals surface area contributed by atoms with Crippen molar-refractivity contribution in [1.29, 1.82) is 0 Å². The topological polar surface area (TPSA) is 160 Å². The summed E-state index contributed by atoms with van der Waals surface area (Å²) in [5.74, 6) is -3.24. The summed E-state index contributed by atoms with van der Waals surface area (Å²) in [6.07, 6.45) is 1.66. The molecule has 0 radical (unpaired) electrons. The first-order chi connectivity index (χ1) is 11.9. The summed E-state index contributed by atoms with van der Waals surface area (Å²) >= 11 is 0. The van der Waals surface area contributed by atoms with Crippen molar-refractivity contribution in [2.75, 3.05) is 33.4 Å². The molecular formula is C15H30N4O6. The molecule has 0 aromatic carbocycles. The second kappa shape index (κ2) is 14.6. The van der Waals surface area contributed by atoms with Crippen molar-refractivity contribution in [2.45, 2.75) is 44.2 Å². The van der Waals surface area contributed by atoms with Gasteiger partial charge in [0.15, 0.2) is 0 Å². The summed E-state index contributed by atoms with van der Waals surface area (Å²) < 4.78 is 0. The predicted molar refractivity (Wildman–Crippen MR) is 91.5 cm³/mol. The molecule has 0 amide bonds. The Morgan fingerprint density at radius 1 is 0.840 bits per heavy atom. The third kappa shape index (κ3) is 13.2. The Bertz CT molecular complexity index is 407. The highest BCUT2D eigenvalue weighted by Gasteiger charge is 2.20. The number of carboxylic acids is 3. The smallest absolute Gasteiger partial charge is 0.320 e. The van der Waals surface area contributed by atoms with Crippen LogP contribution in [0.25, 0.3) is 0 Å². The van der Waals surface area contributed by atoms with Gasteiger partial charge >= 0.3 is 17.9 Å². The van der Waals surface area contributed by atoms with Crippen LogP contribution in [-0.2, 0) is 14.4 Å². The van der Waals surface area contributed by atoms with Crippen LogP contribution in [0.15, 0.2) is 0 Å². The summed E-state index contributed by atoms with van der Waals surface area (Å²) in [5, 5.41) is 38.4. The lowest BCUT2D eigenvalue weighted by Crippen LogP contribution is -2.47. The maximum absolute atomic E-state index is 11.2. The van der Waals surface area contributed by atoms with E-state index in [9.17, 15) is 19.5 Å². The highest BCUT2D eigenvalue weighted by molar-refractivity contribution is 5.75. The van der Waals surface area contributed by atoms with E-state index in [1.54, 1.807) is 0 Å². The summed E-state index contributed by atoms with van der Waals surface area (Å²) in [6.45, 7) is 2.52. The molecule has 0 aliphatic rings. The number of rotatable bonds is 17. The quantitative estimate of drug-likeness (QED) is 0.125. The normalized spacial score (nSPS) is 13.3. The largest absolute Gasteiger partial charge is 0.481 e. The maximum atomic E-state index is 11.2. The number of likely N-dealkylation sites (N-methyl/N-ethyl adjacent to an activating group) is 1. The van der Waals surface area contributed by atoms with Gasteiger partial charge in [0.2, 0.25) is 0 Å². The van der Waals surface area contributed by atoms with Crippen LogP contribution < -0.4 is 21.3 Å². The molecule has 0 saturated heterocycles. The molecule has 146 valence electrons. The number of hydrogen-bond acceptors (Lipinski definition) is 7. The lowest BCUT2D eigenvalue weighted by atomic mass is 10.1. The van der Waals surface area contributed by atoms with Gasteiger partial charge in [-0.15, -0.1) is 0 Å². The van der Waals surface area contributed by atoms with E-state index in [1.165, 1.54) is 0 Å². The summed E-state index contributed by atoms with van der Waals surface area (Å²) in [4.78, 5) is 32.8. The lowest BCUT2D eigenvalue weighted by Gasteiger charge is -2.18. The molecule has 7 N–H and O–H groups in total. The van der Waals surface area contributed by atoms with Crippen LogP contribution in [0.2, 0.25) is 0 Å². The van der Waals surface area contributed by atoms with Gasteiger partial charge in [0.1, 0.15) is 12.1 Å². The van der Waals surface area contributed by atoms with Crippen LogP contribution in [0.4, 0.5) is 0 Å². The molecule has 2 atom stereocenters. The summed E-state index contributed by atoms with van der Waals surface area (Å²) in [6, 6.07) is -1.81. The fraction of sp³-hybridized carbons (Fsp3) is 0.800. The van der Waals surface area contributed by atoms with Gasteiger partial charge in [0.05, 0.1) is 0 Å². The third-order valence-electron chi connectivity index (χ3n) is 3.59. The van der Waals surface area contributed by atoms with E-state index in [2.05, 4.69) is 21.3 Å². The van der Waals surface area contributed by atoms with Crippen LogP contribution >= 0.6 is 0 Å². The van der Waals surface area contributed by atoms with Gasteiger partial charge in [-0.3, -0.25) is 25.0 Å². The Morgan fingerprint density at radius 3 is 1.96 bits per heavy atom. The van der Waals surface area contributed by atoms with E-state index in [1.807, 2.05) is 7.05 Å². The van der Waals surface area contributed by atoms with Gasteiger partial charge in [-0.25, -0.2) is 0 Å². The molecule has 0 aromatic rings. The summed E-state index contributed by atoms with van der Waals surface area (Å²) in [5.41, 5.74) is 0. The van der Waals surface area contributed by atoms with Gasteiger partial charge in [-0.2, -0.15) is 0 Å². The minimum absolute atomic E-state index is 0.0199. The van der Waals surface area contributed by atoms with Crippen molar-refractivity contribution in [3.8, 4) is 0 Å². The van der Waals surface area contributed by atoms with Gasteiger partial charge in [0, 0.05) is 26.2 Å². The molecule has 10 heteroatoms. The zero-order valence-corrected chi connectivity index (χ0v) is 14.6. The first-order valence-electron chi connectivity index (χ1n) is 8.38. The summed E-state index contributed by atoms with van der Waals surface area (Å²) in [7, 11) is 1.87.